The third-order valence-electron chi connectivity index (χ3n) is 4.25. The highest BCUT2D eigenvalue weighted by Crippen LogP contribution is 2.25. The van der Waals surface area contributed by atoms with Gasteiger partial charge < -0.3 is 10.4 Å². The summed E-state index contributed by atoms with van der Waals surface area (Å²) in [6.45, 7) is 6.23. The van der Waals surface area contributed by atoms with Gasteiger partial charge in [0.25, 0.3) is 5.56 Å². The van der Waals surface area contributed by atoms with Crippen LogP contribution in [0.1, 0.15) is 25.0 Å². The fourth-order valence-corrected chi connectivity index (χ4v) is 2.84. The van der Waals surface area contributed by atoms with Crippen LogP contribution in [-0.2, 0) is 6.54 Å². The van der Waals surface area contributed by atoms with Gasteiger partial charge in [0.1, 0.15) is 11.6 Å². The molecule has 0 aliphatic heterocycles. The van der Waals surface area contributed by atoms with Gasteiger partial charge >= 0.3 is 0 Å². The first-order valence-corrected chi connectivity index (χ1v) is 9.67. The van der Waals surface area contributed by atoms with Crippen LogP contribution in [0.2, 0.25) is 5.02 Å². The summed E-state index contributed by atoms with van der Waals surface area (Å²) in [5, 5.41) is 13.3. The lowest BCUT2D eigenvalue weighted by molar-refractivity contribution is 0.475. The van der Waals surface area contributed by atoms with E-state index in [1.54, 1.807) is 31.2 Å². The summed E-state index contributed by atoms with van der Waals surface area (Å²) >= 11 is 6.01. The number of phenols is 1. The molecule has 1 heterocycles. The van der Waals surface area contributed by atoms with Crippen LogP contribution in [0.4, 0.5) is 17.5 Å². The Bertz CT molecular complexity index is 1070. The average Bonchev–Trinajstić information content (AvgIpc) is 2.68. The Balaban J connectivity index is 2.12. The van der Waals surface area contributed by atoms with Gasteiger partial charge in [-0.25, -0.2) is 4.99 Å². The minimum absolute atomic E-state index is 0.160. The maximum absolute atomic E-state index is 12.5. The number of anilines is 2. The van der Waals surface area contributed by atoms with E-state index in [1.807, 2.05) is 48.9 Å². The van der Waals surface area contributed by atoms with Crippen molar-refractivity contribution < 1.29 is 5.11 Å². The molecule has 7 heteroatoms. The number of aromatic nitrogens is 2. The van der Waals surface area contributed by atoms with Crippen molar-refractivity contribution in [1.29, 1.82) is 0 Å². The summed E-state index contributed by atoms with van der Waals surface area (Å²) in [7, 11) is 0. The van der Waals surface area contributed by atoms with Gasteiger partial charge in [0.15, 0.2) is 0 Å². The van der Waals surface area contributed by atoms with Crippen molar-refractivity contribution in [2.45, 2.75) is 27.3 Å². The molecule has 0 saturated heterocycles. The number of aromatic hydroxyl groups is 1. The SMILES string of the molecule is Cc1c(/N=C\C(C)C)n(Cc2ccc(Cl)cc2)c(Nc2ccc(O)cc2)nc1=O. The molecule has 29 heavy (non-hydrogen) atoms. The number of nitrogens with zero attached hydrogens (tertiary/aromatic N) is 3. The lowest BCUT2D eigenvalue weighted by Gasteiger charge is -2.18. The Kier molecular flexibility index (Phi) is 6.34. The van der Waals surface area contributed by atoms with Crippen molar-refractivity contribution in [2.24, 2.45) is 10.9 Å². The molecule has 1 aromatic heterocycles. The first kappa shape index (κ1) is 20.6. The van der Waals surface area contributed by atoms with Gasteiger partial charge in [0.05, 0.1) is 12.1 Å². The number of rotatable bonds is 6. The molecular formula is C22H23ClN4O2. The number of hydrogen-bond acceptors (Lipinski definition) is 5. The van der Waals surface area contributed by atoms with Crippen LogP contribution in [0, 0.1) is 12.8 Å². The number of phenolic OH excluding ortho intramolecular Hbond substituents is 1. The van der Waals surface area contributed by atoms with Crippen LogP contribution in [0.5, 0.6) is 5.75 Å². The Morgan fingerprint density at radius 1 is 1.17 bits per heavy atom. The fourth-order valence-electron chi connectivity index (χ4n) is 2.72. The molecule has 150 valence electrons. The van der Waals surface area contributed by atoms with Crippen LogP contribution >= 0.6 is 11.6 Å². The van der Waals surface area contributed by atoms with E-state index in [4.69, 9.17) is 11.6 Å². The monoisotopic (exact) mass is 410 g/mol. The quantitative estimate of drug-likeness (QED) is 0.439. The van der Waals surface area contributed by atoms with Crippen LogP contribution in [0.15, 0.2) is 58.3 Å². The van der Waals surface area contributed by atoms with Crippen LogP contribution in [-0.4, -0.2) is 20.9 Å². The molecular weight excluding hydrogens is 388 g/mol. The lowest BCUT2D eigenvalue weighted by Crippen LogP contribution is -2.20. The van der Waals surface area contributed by atoms with Gasteiger partial charge in [-0.1, -0.05) is 37.6 Å². The molecule has 6 nitrogen and oxygen atoms in total. The van der Waals surface area contributed by atoms with Gasteiger partial charge in [-0.3, -0.25) is 9.36 Å². The number of aliphatic imine (C=N–C) groups is 1. The number of hydrogen-bond donors (Lipinski definition) is 2. The second-order valence-electron chi connectivity index (χ2n) is 7.10. The second-order valence-corrected chi connectivity index (χ2v) is 7.53. The van der Waals surface area contributed by atoms with Gasteiger partial charge in [0, 0.05) is 16.9 Å². The highest BCUT2D eigenvalue weighted by molar-refractivity contribution is 6.30. The van der Waals surface area contributed by atoms with E-state index >= 15 is 0 Å². The maximum Gasteiger partial charge on any atom is 0.279 e. The van der Waals surface area contributed by atoms with Crippen molar-refractivity contribution in [3.63, 3.8) is 0 Å². The predicted octanol–water partition coefficient (Wildman–Crippen LogP) is 5.06. The molecule has 0 atom stereocenters. The minimum Gasteiger partial charge on any atom is -0.508 e. The molecule has 0 bridgehead atoms. The molecule has 0 radical (unpaired) electrons. The predicted molar refractivity (Wildman–Crippen MR) is 118 cm³/mol. The summed E-state index contributed by atoms with van der Waals surface area (Å²) in [5.41, 5.74) is 1.83. The summed E-state index contributed by atoms with van der Waals surface area (Å²) < 4.78 is 1.87. The van der Waals surface area contributed by atoms with Crippen LogP contribution in [0.25, 0.3) is 0 Å². The molecule has 2 N–H and O–H groups in total. The Morgan fingerprint density at radius 2 is 1.83 bits per heavy atom. The topological polar surface area (TPSA) is 79.5 Å². The zero-order chi connectivity index (χ0) is 21.0. The van der Waals surface area contributed by atoms with Crippen molar-refractivity contribution in [3.05, 3.63) is 75.0 Å². The summed E-state index contributed by atoms with van der Waals surface area (Å²) in [6.07, 6.45) is 1.81. The first-order valence-electron chi connectivity index (χ1n) is 9.29. The van der Waals surface area contributed by atoms with Crippen molar-refractivity contribution in [2.75, 3.05) is 5.32 Å². The number of benzene rings is 2. The molecule has 3 aromatic rings. The van der Waals surface area contributed by atoms with E-state index in [2.05, 4.69) is 15.3 Å². The standard InChI is InChI=1S/C22H23ClN4O2/c1-14(2)12-24-20-15(3)21(29)26-22(25-18-8-10-19(28)11-9-18)27(20)13-16-4-6-17(23)7-5-16/h4-12,14,28H,13H2,1-3H3,(H,25,26,29)/b24-12-. The van der Waals surface area contributed by atoms with E-state index in [0.717, 1.165) is 5.56 Å². The molecule has 2 aromatic carbocycles. The highest BCUT2D eigenvalue weighted by Gasteiger charge is 2.15. The van der Waals surface area contributed by atoms with Crippen LogP contribution in [0.3, 0.4) is 0 Å². The maximum atomic E-state index is 12.5. The van der Waals surface area contributed by atoms with Crippen molar-refractivity contribution in [3.8, 4) is 5.75 Å². The van der Waals surface area contributed by atoms with E-state index in [1.165, 1.54) is 0 Å². The Morgan fingerprint density at radius 3 is 2.45 bits per heavy atom. The van der Waals surface area contributed by atoms with Gasteiger partial charge in [-0.05, 0) is 54.8 Å². The number of halogens is 1. The molecule has 0 fully saturated rings. The smallest absolute Gasteiger partial charge is 0.279 e. The van der Waals surface area contributed by atoms with Crippen molar-refractivity contribution in [1.82, 2.24) is 9.55 Å². The minimum atomic E-state index is -0.338. The molecule has 0 aliphatic carbocycles. The molecule has 0 amide bonds. The molecule has 0 unspecified atom stereocenters. The molecule has 0 spiro atoms. The lowest BCUT2D eigenvalue weighted by atomic mass is 10.2. The largest absolute Gasteiger partial charge is 0.508 e. The van der Waals surface area contributed by atoms with Gasteiger partial charge in [-0.15, -0.1) is 0 Å². The highest BCUT2D eigenvalue weighted by atomic mass is 35.5. The third-order valence-corrected chi connectivity index (χ3v) is 4.50. The molecule has 0 aliphatic rings. The zero-order valence-corrected chi connectivity index (χ0v) is 17.3. The normalized spacial score (nSPS) is 11.3. The average molecular weight is 411 g/mol. The Hall–Kier alpha value is -3.12. The number of nitrogens with one attached hydrogen (secondary N) is 1. The van der Waals surface area contributed by atoms with Crippen molar-refractivity contribution >= 4 is 35.3 Å². The zero-order valence-electron chi connectivity index (χ0n) is 16.6. The Labute approximate surface area is 174 Å². The second kappa shape index (κ2) is 8.92. The summed E-state index contributed by atoms with van der Waals surface area (Å²) in [4.78, 5) is 21.3. The first-order chi connectivity index (χ1) is 13.8. The van der Waals surface area contributed by atoms with E-state index in [9.17, 15) is 9.90 Å². The van der Waals surface area contributed by atoms with Gasteiger partial charge in [0.2, 0.25) is 5.95 Å². The van der Waals surface area contributed by atoms with E-state index in [0.29, 0.717) is 34.6 Å². The van der Waals surface area contributed by atoms with Gasteiger partial charge in [-0.2, -0.15) is 4.98 Å². The van der Waals surface area contributed by atoms with Crippen LogP contribution < -0.4 is 10.9 Å². The fraction of sp³-hybridized carbons (Fsp3) is 0.227. The molecule has 0 saturated carbocycles. The summed E-state index contributed by atoms with van der Waals surface area (Å²) in [5.74, 6) is 1.32. The third kappa shape index (κ3) is 5.23. The summed E-state index contributed by atoms with van der Waals surface area (Å²) in [6, 6.07) is 14.1. The van der Waals surface area contributed by atoms with E-state index < -0.39 is 0 Å². The van der Waals surface area contributed by atoms with E-state index in [-0.39, 0.29) is 17.2 Å². The molecule has 3 rings (SSSR count).